The zero-order valence-electron chi connectivity index (χ0n) is 14.7. The molecule has 1 aliphatic carbocycles. The smallest absolute Gasteiger partial charge is 0.317 e. The van der Waals surface area contributed by atoms with Crippen LogP contribution in [-0.4, -0.2) is 18.5 Å². The van der Waals surface area contributed by atoms with Crippen molar-refractivity contribution >= 4 is 27.8 Å². The minimum atomic E-state index is -0.558. The van der Waals surface area contributed by atoms with Crippen LogP contribution >= 0.6 is 15.9 Å². The van der Waals surface area contributed by atoms with Crippen molar-refractivity contribution in [2.45, 2.75) is 37.6 Å². The van der Waals surface area contributed by atoms with Gasteiger partial charge in [0.1, 0.15) is 0 Å². The van der Waals surface area contributed by atoms with Crippen molar-refractivity contribution in [1.82, 2.24) is 5.32 Å². The van der Waals surface area contributed by atoms with E-state index in [1.165, 1.54) is 0 Å². The molecular formula is C21H22BrNO3. The number of nitrogens with one attached hydrogen (secondary N) is 1. The highest BCUT2D eigenvalue weighted by Gasteiger charge is 2.52. The molecule has 2 aromatic rings. The third-order valence-electron chi connectivity index (χ3n) is 4.82. The van der Waals surface area contributed by atoms with Crippen LogP contribution in [0.4, 0.5) is 0 Å². The van der Waals surface area contributed by atoms with Crippen LogP contribution in [0.1, 0.15) is 43.4 Å². The monoisotopic (exact) mass is 415 g/mol. The molecular weight excluding hydrogens is 394 g/mol. The summed E-state index contributed by atoms with van der Waals surface area (Å²) < 4.78 is 6.32. The second kappa shape index (κ2) is 8.04. The van der Waals surface area contributed by atoms with Crippen molar-refractivity contribution in [3.8, 4) is 0 Å². The van der Waals surface area contributed by atoms with Crippen molar-refractivity contribution in [1.29, 1.82) is 0 Å². The topological polar surface area (TPSA) is 55.4 Å². The highest BCUT2D eigenvalue weighted by atomic mass is 79.9. The molecule has 5 heteroatoms. The van der Waals surface area contributed by atoms with Gasteiger partial charge in [0.05, 0.1) is 11.5 Å². The van der Waals surface area contributed by atoms with Crippen LogP contribution in [0.25, 0.3) is 0 Å². The van der Waals surface area contributed by atoms with E-state index in [4.69, 9.17) is 4.74 Å². The van der Waals surface area contributed by atoms with Gasteiger partial charge in [-0.05, 0) is 42.5 Å². The lowest BCUT2D eigenvalue weighted by atomic mass is 9.96. The lowest BCUT2D eigenvalue weighted by molar-refractivity contribution is -0.151. The average molecular weight is 416 g/mol. The Morgan fingerprint density at radius 2 is 1.77 bits per heavy atom. The summed E-state index contributed by atoms with van der Waals surface area (Å²) in [5.41, 5.74) is 1.43. The molecule has 0 saturated heterocycles. The van der Waals surface area contributed by atoms with E-state index in [2.05, 4.69) is 21.2 Å². The van der Waals surface area contributed by atoms with Crippen LogP contribution in [-0.2, 0) is 19.7 Å². The predicted molar refractivity (Wildman–Crippen MR) is 104 cm³/mol. The van der Waals surface area contributed by atoms with E-state index in [1.54, 1.807) is 0 Å². The number of carbonyl (C=O) groups is 2. The zero-order valence-corrected chi connectivity index (χ0v) is 16.3. The maximum absolute atomic E-state index is 12.5. The van der Waals surface area contributed by atoms with E-state index in [0.717, 1.165) is 34.9 Å². The molecule has 1 fully saturated rings. The first-order chi connectivity index (χ1) is 12.5. The number of hydrogen-bond acceptors (Lipinski definition) is 3. The Bertz CT molecular complexity index is 770. The number of benzene rings is 2. The molecule has 1 saturated carbocycles. The van der Waals surface area contributed by atoms with Crippen molar-refractivity contribution in [2.24, 2.45) is 0 Å². The first kappa shape index (κ1) is 18.6. The quantitative estimate of drug-likeness (QED) is 0.686. The number of hydrogen-bond donors (Lipinski definition) is 1. The Morgan fingerprint density at radius 1 is 1.12 bits per heavy atom. The van der Waals surface area contributed by atoms with Gasteiger partial charge in [0.25, 0.3) is 5.91 Å². The largest absolute Gasteiger partial charge is 0.455 e. The molecule has 4 nitrogen and oxygen atoms in total. The molecule has 0 aromatic heterocycles. The SMILES string of the molecule is CC[C@@H](NC(=O)COC(=O)C1(c2ccccc2)CC1)c1ccc(Br)cc1. The van der Waals surface area contributed by atoms with Crippen LogP contribution in [0.15, 0.2) is 59.1 Å². The molecule has 0 radical (unpaired) electrons. The van der Waals surface area contributed by atoms with Crippen LogP contribution < -0.4 is 5.32 Å². The van der Waals surface area contributed by atoms with Gasteiger partial charge in [0, 0.05) is 4.47 Å². The summed E-state index contributed by atoms with van der Waals surface area (Å²) in [6.07, 6.45) is 2.30. The van der Waals surface area contributed by atoms with Gasteiger partial charge in [-0.15, -0.1) is 0 Å². The minimum Gasteiger partial charge on any atom is -0.455 e. The standard InChI is InChI=1S/C21H22BrNO3/c1-2-18(15-8-10-17(22)11-9-15)23-19(24)14-26-20(25)21(12-13-21)16-6-4-3-5-7-16/h3-11,18H,2,12-14H2,1H3,(H,23,24)/t18-/m1/s1. The van der Waals surface area contributed by atoms with Crippen LogP contribution in [0.5, 0.6) is 0 Å². The van der Waals surface area contributed by atoms with Crippen LogP contribution in [0.2, 0.25) is 0 Å². The highest BCUT2D eigenvalue weighted by molar-refractivity contribution is 9.10. The Hall–Kier alpha value is -2.14. The summed E-state index contributed by atoms with van der Waals surface area (Å²) in [5, 5.41) is 2.94. The van der Waals surface area contributed by atoms with Crippen LogP contribution in [0, 0.1) is 0 Å². The van der Waals surface area contributed by atoms with E-state index >= 15 is 0 Å². The third-order valence-corrected chi connectivity index (χ3v) is 5.35. The van der Waals surface area contributed by atoms with Gasteiger partial charge < -0.3 is 10.1 Å². The molecule has 0 bridgehead atoms. The van der Waals surface area contributed by atoms with Crippen molar-refractivity contribution < 1.29 is 14.3 Å². The molecule has 0 spiro atoms. The van der Waals surface area contributed by atoms with E-state index in [-0.39, 0.29) is 24.5 Å². The fourth-order valence-corrected chi connectivity index (χ4v) is 3.38. The first-order valence-electron chi connectivity index (χ1n) is 8.83. The predicted octanol–water partition coefficient (Wildman–Crippen LogP) is 4.29. The number of amides is 1. The van der Waals surface area contributed by atoms with E-state index in [0.29, 0.717) is 0 Å². The summed E-state index contributed by atoms with van der Waals surface area (Å²) in [5.74, 6) is -0.590. The summed E-state index contributed by atoms with van der Waals surface area (Å²) in [7, 11) is 0. The van der Waals surface area contributed by atoms with Crippen molar-refractivity contribution in [3.05, 3.63) is 70.2 Å². The lowest BCUT2D eigenvalue weighted by Gasteiger charge is -2.19. The van der Waals surface area contributed by atoms with Crippen molar-refractivity contribution in [3.63, 3.8) is 0 Å². The Labute approximate surface area is 162 Å². The molecule has 0 heterocycles. The maximum Gasteiger partial charge on any atom is 0.317 e. The molecule has 136 valence electrons. The summed E-state index contributed by atoms with van der Waals surface area (Å²) in [6.45, 7) is 1.76. The van der Waals surface area contributed by atoms with Crippen LogP contribution in [0.3, 0.4) is 0 Å². The van der Waals surface area contributed by atoms with Gasteiger partial charge in [-0.1, -0.05) is 65.3 Å². The maximum atomic E-state index is 12.5. The zero-order chi connectivity index (χ0) is 18.6. The van der Waals surface area contributed by atoms with E-state index < -0.39 is 5.41 Å². The van der Waals surface area contributed by atoms with Gasteiger partial charge >= 0.3 is 5.97 Å². The number of rotatable bonds is 7. The molecule has 26 heavy (non-hydrogen) atoms. The number of ether oxygens (including phenoxy) is 1. The molecule has 0 unspecified atom stereocenters. The van der Waals surface area contributed by atoms with E-state index in [9.17, 15) is 9.59 Å². The Morgan fingerprint density at radius 3 is 2.35 bits per heavy atom. The molecule has 2 aromatic carbocycles. The van der Waals surface area contributed by atoms with Gasteiger partial charge in [-0.25, -0.2) is 0 Å². The second-order valence-corrected chi connectivity index (χ2v) is 7.52. The van der Waals surface area contributed by atoms with Gasteiger partial charge in [0.15, 0.2) is 6.61 Å². The normalized spacial score (nSPS) is 15.8. The minimum absolute atomic E-state index is 0.0988. The summed E-state index contributed by atoms with van der Waals surface area (Å²) in [4.78, 5) is 24.7. The third kappa shape index (κ3) is 4.15. The molecule has 1 aliphatic rings. The van der Waals surface area contributed by atoms with Crippen molar-refractivity contribution in [2.75, 3.05) is 6.61 Å². The molecule has 1 amide bonds. The summed E-state index contributed by atoms with van der Waals surface area (Å²) >= 11 is 3.41. The Kier molecular flexibility index (Phi) is 5.77. The molecule has 3 rings (SSSR count). The number of halogens is 1. The second-order valence-electron chi connectivity index (χ2n) is 6.60. The fourth-order valence-electron chi connectivity index (χ4n) is 3.11. The van der Waals surface area contributed by atoms with E-state index in [1.807, 2.05) is 61.5 Å². The average Bonchev–Trinajstić information content (AvgIpc) is 3.48. The molecule has 0 aliphatic heterocycles. The Balaban J connectivity index is 1.55. The number of carbonyl (C=O) groups excluding carboxylic acids is 2. The van der Waals surface area contributed by atoms with Gasteiger partial charge in [0.2, 0.25) is 0 Å². The molecule has 1 N–H and O–H groups in total. The highest BCUT2D eigenvalue weighted by Crippen LogP contribution is 2.49. The van der Waals surface area contributed by atoms with Gasteiger partial charge in [-0.3, -0.25) is 9.59 Å². The first-order valence-corrected chi connectivity index (χ1v) is 9.62. The molecule has 1 atom stereocenters. The number of esters is 1. The summed E-state index contributed by atoms with van der Waals surface area (Å²) in [6, 6.07) is 17.4. The lowest BCUT2D eigenvalue weighted by Crippen LogP contribution is -2.34. The fraction of sp³-hybridized carbons (Fsp3) is 0.333. The van der Waals surface area contributed by atoms with Gasteiger partial charge in [-0.2, -0.15) is 0 Å².